The number of aliphatic hydroxyl groups is 3. The zero-order valence-electron chi connectivity index (χ0n) is 44.0. The average Bonchev–Trinajstić information content (AvgIpc) is 3.29. The Morgan fingerprint density at radius 3 is 1.51 bits per heavy atom. The van der Waals surface area contributed by atoms with Crippen molar-refractivity contribution in [1.82, 2.24) is 16.0 Å². The summed E-state index contributed by atoms with van der Waals surface area (Å²) in [6.07, 6.45) is 7.42. The molecule has 0 unspecified atom stereocenters. The predicted molar refractivity (Wildman–Crippen MR) is 284 cm³/mol. The lowest BCUT2D eigenvalue weighted by atomic mass is 10.0. The van der Waals surface area contributed by atoms with Crippen LogP contribution in [-0.4, -0.2) is 108 Å². The monoisotopic (exact) mass is 1130 g/mol. The zero-order chi connectivity index (χ0) is 54.9. The molecule has 6 N–H and O–H groups in total. The molecule has 0 bridgehead atoms. The normalized spacial score (nSPS) is 12.0. The fourth-order valence-corrected chi connectivity index (χ4v) is 5.92. The molecule has 402 valence electrons. The van der Waals surface area contributed by atoms with E-state index in [1.54, 1.807) is 39.0 Å². The van der Waals surface area contributed by atoms with E-state index in [4.69, 9.17) is 50.2 Å². The van der Waals surface area contributed by atoms with Crippen LogP contribution in [0.25, 0.3) is 0 Å². The highest BCUT2D eigenvalue weighted by molar-refractivity contribution is 14.1. The highest BCUT2D eigenvalue weighted by Gasteiger charge is 2.21. The number of amides is 3. The predicted octanol–water partition coefficient (Wildman–Crippen LogP) is 9.87. The number of halogens is 3. The quantitative estimate of drug-likeness (QED) is 0.0400. The lowest BCUT2D eigenvalue weighted by molar-refractivity contribution is 0.0492. The molecule has 0 fully saturated rings. The summed E-state index contributed by atoms with van der Waals surface area (Å²) < 4.78 is 58.6. The van der Waals surface area contributed by atoms with Gasteiger partial charge < -0.3 is 59.7 Å². The van der Waals surface area contributed by atoms with Crippen molar-refractivity contribution in [3.63, 3.8) is 0 Å². The van der Waals surface area contributed by atoms with Gasteiger partial charge in [-0.25, -0.2) is 23.2 Å². The van der Waals surface area contributed by atoms with E-state index in [1.165, 1.54) is 18.2 Å². The van der Waals surface area contributed by atoms with Crippen molar-refractivity contribution in [3.05, 3.63) is 87.0 Å². The Balaban J connectivity index is 0.000000975. The van der Waals surface area contributed by atoms with E-state index >= 15 is 0 Å². The first-order valence-electron chi connectivity index (χ1n) is 23.7. The summed E-state index contributed by atoms with van der Waals surface area (Å²) >= 11 is 1.86. The molecule has 15 nitrogen and oxygen atoms in total. The molecule has 72 heavy (non-hydrogen) atoms. The van der Waals surface area contributed by atoms with Crippen molar-refractivity contribution in [2.75, 3.05) is 39.6 Å². The topological polar surface area (TPSA) is 203 Å². The van der Waals surface area contributed by atoms with Crippen molar-refractivity contribution < 1.29 is 66.9 Å². The van der Waals surface area contributed by atoms with Crippen molar-refractivity contribution in [1.29, 1.82) is 0 Å². The summed E-state index contributed by atoms with van der Waals surface area (Å²) in [7, 11) is 0. The number of aliphatic hydroxyl groups excluding tert-OH is 3. The SMILES string of the molecule is C#C[C@H](CC)NC(=O)OC(C)(C)C.CC[C@H](C#Cc1c(F)cccc1OCCO)NC(=O)OC(C)(C)C.CC[C@H](CCc1ccccc1OCCO)NC(=O)OC(C)(C)C.OCCOc1cccc(F)c1I. The number of hydrogen-bond acceptors (Lipinski definition) is 12. The smallest absolute Gasteiger partial charge is 0.408 e. The largest absolute Gasteiger partial charge is 0.491 e. The first kappa shape index (κ1) is 66.5. The Bertz CT molecular complexity index is 2160. The standard InChI is InChI=1S/C18H24FNO4.C18H29NO4.C10H17NO2.C8H8FIO2/c1-5-13(20-17(22)24-18(2,3)4)9-10-14-15(19)7-6-8-16(14)23-12-11-21;1-5-15(19-17(21)23-18(2,3)4)11-10-14-8-6-7-9-16(14)22-13-12-20;1-6-8(7-2)11-9(12)13-10(3,4)5;9-6-2-1-3-7(8(6)10)12-5-4-11/h6-8,13,21H,5,11-12H2,1-4H3,(H,20,22);6-9,15,20H,5,10-13H2,1-4H3,(H,19,21);1,8H,7H2,2-5H3,(H,11,12);1-3,11H,4-5H2/t13-;15-;8-;/m111./s1. The second-order valence-corrected chi connectivity index (χ2v) is 19.5. The van der Waals surface area contributed by atoms with Gasteiger partial charge in [-0.1, -0.05) is 68.9 Å². The van der Waals surface area contributed by atoms with Gasteiger partial charge in [-0.3, -0.25) is 0 Å². The van der Waals surface area contributed by atoms with Gasteiger partial charge in [0.05, 0.1) is 35.5 Å². The van der Waals surface area contributed by atoms with E-state index in [0.717, 1.165) is 30.6 Å². The van der Waals surface area contributed by atoms with E-state index < -0.39 is 40.8 Å². The Morgan fingerprint density at radius 2 is 1.04 bits per heavy atom. The van der Waals surface area contributed by atoms with Gasteiger partial charge in [0.15, 0.2) is 0 Å². The van der Waals surface area contributed by atoms with E-state index in [9.17, 15) is 23.2 Å². The van der Waals surface area contributed by atoms with E-state index in [1.807, 2.05) is 109 Å². The molecule has 0 saturated heterocycles. The molecular weight excluding hydrogens is 1050 g/mol. The molecule has 0 saturated carbocycles. The Labute approximate surface area is 439 Å². The highest BCUT2D eigenvalue weighted by atomic mass is 127. The number of alkyl carbamates (subject to hydrolysis) is 3. The molecule has 3 amide bonds. The molecule has 0 aliphatic heterocycles. The van der Waals surface area contributed by atoms with Crippen LogP contribution in [0.5, 0.6) is 17.2 Å². The molecule has 3 aromatic carbocycles. The van der Waals surface area contributed by atoms with Gasteiger partial charge in [0.25, 0.3) is 0 Å². The third-order valence-corrected chi connectivity index (χ3v) is 9.70. The lowest BCUT2D eigenvalue weighted by Gasteiger charge is -2.23. The molecule has 18 heteroatoms. The van der Waals surface area contributed by atoms with Crippen molar-refractivity contribution in [3.8, 4) is 41.4 Å². The Kier molecular flexibility index (Phi) is 32.8. The fourth-order valence-electron chi connectivity index (χ4n) is 5.40. The number of nitrogens with one attached hydrogen (secondary N) is 3. The van der Waals surface area contributed by atoms with Crippen molar-refractivity contribution >= 4 is 40.9 Å². The summed E-state index contributed by atoms with van der Waals surface area (Å²) in [5.74, 6) is 8.67. The lowest BCUT2D eigenvalue weighted by Crippen LogP contribution is -2.39. The summed E-state index contributed by atoms with van der Waals surface area (Å²) in [4.78, 5) is 34.8. The molecule has 3 atom stereocenters. The minimum atomic E-state index is -0.605. The van der Waals surface area contributed by atoms with Gasteiger partial charge >= 0.3 is 18.3 Å². The van der Waals surface area contributed by atoms with Crippen LogP contribution in [0.15, 0.2) is 60.7 Å². The van der Waals surface area contributed by atoms with Gasteiger partial charge in [-0.2, -0.15) is 0 Å². The van der Waals surface area contributed by atoms with Gasteiger partial charge in [-0.05, 0) is 153 Å². The number of terminal acetylenes is 1. The van der Waals surface area contributed by atoms with Crippen LogP contribution >= 0.6 is 22.6 Å². The number of carbonyl (C=O) groups excluding carboxylic acids is 3. The molecule has 0 radical (unpaired) electrons. The average molecular weight is 1130 g/mol. The summed E-state index contributed by atoms with van der Waals surface area (Å²) in [5.41, 5.74) is -0.405. The third-order valence-electron chi connectivity index (χ3n) is 8.66. The van der Waals surface area contributed by atoms with Crippen LogP contribution in [0.2, 0.25) is 0 Å². The molecule has 0 aromatic heterocycles. The Hall–Kier alpha value is -5.54. The van der Waals surface area contributed by atoms with Gasteiger partial charge in [0, 0.05) is 6.04 Å². The van der Waals surface area contributed by atoms with Crippen LogP contribution in [-0.2, 0) is 20.6 Å². The molecule has 3 aromatic rings. The van der Waals surface area contributed by atoms with Crippen LogP contribution in [0.3, 0.4) is 0 Å². The van der Waals surface area contributed by atoms with E-state index in [2.05, 4.69) is 33.7 Å². The molecule has 3 rings (SSSR count). The number of ether oxygens (including phenoxy) is 6. The maximum Gasteiger partial charge on any atom is 0.408 e. The van der Waals surface area contributed by atoms with Crippen molar-refractivity contribution in [2.24, 2.45) is 0 Å². The van der Waals surface area contributed by atoms with Gasteiger partial charge in [0.2, 0.25) is 0 Å². The molecular formula is C54H78F2IN3O12. The maximum absolute atomic E-state index is 14.0. The summed E-state index contributed by atoms with van der Waals surface area (Å²) in [6, 6.07) is 16.1. The maximum atomic E-state index is 14.0. The fraction of sp³-hybridized carbons (Fsp3) is 0.537. The number of rotatable bonds is 18. The molecule has 0 aliphatic rings. The third kappa shape index (κ3) is 31.7. The summed E-state index contributed by atoms with van der Waals surface area (Å²) in [6.45, 7) is 22.3. The number of aryl methyl sites for hydroxylation is 1. The Morgan fingerprint density at radius 1 is 0.611 bits per heavy atom. The van der Waals surface area contributed by atoms with Gasteiger partial charge in [0.1, 0.15) is 71.1 Å². The van der Waals surface area contributed by atoms with Gasteiger partial charge in [-0.15, -0.1) is 6.42 Å². The van der Waals surface area contributed by atoms with Crippen LogP contribution < -0.4 is 30.2 Å². The van der Waals surface area contributed by atoms with Crippen LogP contribution in [0.4, 0.5) is 23.2 Å². The molecule has 0 aliphatic carbocycles. The van der Waals surface area contributed by atoms with E-state index in [-0.39, 0.29) is 74.9 Å². The summed E-state index contributed by atoms with van der Waals surface area (Å²) in [5, 5.41) is 34.3. The molecule has 0 heterocycles. The minimum Gasteiger partial charge on any atom is -0.491 e. The number of carbonyl (C=O) groups is 3. The second kappa shape index (κ2) is 35.6. The first-order valence-corrected chi connectivity index (χ1v) is 24.8. The highest BCUT2D eigenvalue weighted by Crippen LogP contribution is 2.24. The van der Waals surface area contributed by atoms with E-state index in [0.29, 0.717) is 22.2 Å². The van der Waals surface area contributed by atoms with Crippen molar-refractivity contribution in [2.45, 2.75) is 150 Å². The zero-order valence-corrected chi connectivity index (χ0v) is 46.2. The number of para-hydroxylation sites is 1. The minimum absolute atomic E-state index is 0.00782. The number of hydrogen-bond donors (Lipinski definition) is 6. The molecule has 0 spiro atoms. The van der Waals surface area contributed by atoms with Crippen LogP contribution in [0, 0.1) is 39.4 Å². The van der Waals surface area contributed by atoms with Crippen LogP contribution in [0.1, 0.15) is 120 Å². The first-order chi connectivity index (χ1) is 33.8. The number of benzene rings is 3. The second-order valence-electron chi connectivity index (χ2n) is 18.4.